The minimum Gasteiger partial charge on any atom is -0.480 e. The number of benzene rings is 1. The predicted molar refractivity (Wildman–Crippen MR) is 103 cm³/mol. The molecule has 1 N–H and O–H groups in total. The lowest BCUT2D eigenvalue weighted by Crippen LogP contribution is -2.18. The molecule has 3 rings (SSSR count). The fourth-order valence-corrected chi connectivity index (χ4v) is 2.77. The van der Waals surface area contributed by atoms with Gasteiger partial charge in [0.05, 0.1) is 25.6 Å². The molecule has 0 radical (unpaired) electrons. The first kappa shape index (κ1) is 21.8. The Morgan fingerprint density at radius 3 is 2.48 bits per heavy atom. The first-order chi connectivity index (χ1) is 14.8. The Kier molecular flexibility index (Phi) is 6.23. The van der Waals surface area contributed by atoms with E-state index in [1.165, 1.54) is 44.5 Å². The van der Waals surface area contributed by atoms with Gasteiger partial charge < -0.3 is 14.8 Å². The molecule has 8 nitrogen and oxygen atoms in total. The van der Waals surface area contributed by atoms with Crippen molar-refractivity contribution in [1.82, 2.24) is 14.8 Å². The summed E-state index contributed by atoms with van der Waals surface area (Å²) in [5.74, 6) is -1.42. The molecule has 0 aliphatic rings. The summed E-state index contributed by atoms with van der Waals surface area (Å²) >= 11 is 0. The van der Waals surface area contributed by atoms with E-state index in [1.54, 1.807) is 12.1 Å². The molecule has 2 aromatic heterocycles. The van der Waals surface area contributed by atoms with Crippen LogP contribution in [0.2, 0.25) is 0 Å². The summed E-state index contributed by atoms with van der Waals surface area (Å²) in [6.45, 7) is 1.41. The number of carbonyl (C=O) groups excluding carboxylic acids is 2. The van der Waals surface area contributed by atoms with Crippen molar-refractivity contribution in [1.29, 1.82) is 0 Å². The van der Waals surface area contributed by atoms with E-state index in [-0.39, 0.29) is 23.7 Å². The van der Waals surface area contributed by atoms with Gasteiger partial charge in [0.1, 0.15) is 11.3 Å². The van der Waals surface area contributed by atoms with Gasteiger partial charge in [-0.3, -0.25) is 4.79 Å². The summed E-state index contributed by atoms with van der Waals surface area (Å²) in [6, 6.07) is 8.44. The molecule has 0 aliphatic carbocycles. The summed E-state index contributed by atoms with van der Waals surface area (Å²) in [4.78, 5) is 28.3. The number of amides is 1. The molecule has 0 unspecified atom stereocenters. The molecule has 0 fully saturated rings. The normalized spacial score (nSPS) is 11.1. The smallest absolute Gasteiger partial charge is 0.434 e. The van der Waals surface area contributed by atoms with Gasteiger partial charge in [-0.25, -0.2) is 14.5 Å². The first-order valence-electron chi connectivity index (χ1n) is 8.99. The van der Waals surface area contributed by atoms with E-state index < -0.39 is 29.3 Å². The minimum atomic E-state index is -4.86. The number of halogens is 3. The van der Waals surface area contributed by atoms with Gasteiger partial charge in [0, 0.05) is 11.8 Å². The van der Waals surface area contributed by atoms with Gasteiger partial charge in [-0.2, -0.15) is 18.3 Å². The summed E-state index contributed by atoms with van der Waals surface area (Å²) < 4.78 is 51.1. The fraction of sp³-hybridized carbons (Fsp3) is 0.200. The topological polar surface area (TPSA) is 95.3 Å². The molecule has 1 aromatic carbocycles. The van der Waals surface area contributed by atoms with Crippen LogP contribution in [0.1, 0.15) is 33.3 Å². The van der Waals surface area contributed by atoms with Crippen molar-refractivity contribution in [2.75, 3.05) is 19.0 Å². The van der Waals surface area contributed by atoms with E-state index in [1.807, 2.05) is 0 Å². The largest absolute Gasteiger partial charge is 0.480 e. The number of esters is 1. The highest BCUT2D eigenvalue weighted by Crippen LogP contribution is 2.34. The van der Waals surface area contributed by atoms with Crippen molar-refractivity contribution in [2.24, 2.45) is 0 Å². The zero-order valence-electron chi connectivity index (χ0n) is 16.4. The Balaban J connectivity index is 1.89. The van der Waals surface area contributed by atoms with Crippen LogP contribution in [0.5, 0.6) is 5.88 Å². The molecular formula is C20H17F3N4O4. The van der Waals surface area contributed by atoms with E-state index in [0.29, 0.717) is 10.4 Å². The number of nitrogens with one attached hydrogen (secondary N) is 1. The molecule has 0 atom stereocenters. The van der Waals surface area contributed by atoms with Crippen LogP contribution in [0.25, 0.3) is 5.69 Å². The zero-order chi connectivity index (χ0) is 22.6. The molecule has 31 heavy (non-hydrogen) atoms. The van der Waals surface area contributed by atoms with Crippen molar-refractivity contribution in [3.63, 3.8) is 0 Å². The Bertz CT molecular complexity index is 1090. The second kappa shape index (κ2) is 8.86. The average Bonchev–Trinajstić information content (AvgIpc) is 3.20. The standard InChI is InChI=1S/C20H17F3N4O4/c1-3-31-19(29)14-11-25-27(16(14)20(21,22)23)13-8-6-12(7-9-13)17(28)26-15-5-4-10-24-18(15)30-2/h4-11H,3H2,1-2H3,(H,26,28). The van der Waals surface area contributed by atoms with Gasteiger partial charge in [-0.1, -0.05) is 0 Å². The number of ether oxygens (including phenoxy) is 2. The number of nitrogens with zero attached hydrogens (tertiary/aromatic N) is 3. The number of rotatable bonds is 6. The zero-order valence-corrected chi connectivity index (χ0v) is 16.4. The number of anilines is 1. The van der Waals surface area contributed by atoms with Gasteiger partial charge in [-0.05, 0) is 43.3 Å². The van der Waals surface area contributed by atoms with Crippen LogP contribution in [0.4, 0.5) is 18.9 Å². The molecule has 0 saturated carbocycles. The highest BCUT2D eigenvalue weighted by Gasteiger charge is 2.41. The van der Waals surface area contributed by atoms with Crippen LogP contribution in [0.3, 0.4) is 0 Å². The second-order valence-electron chi connectivity index (χ2n) is 6.10. The van der Waals surface area contributed by atoms with Gasteiger partial charge in [0.25, 0.3) is 5.91 Å². The summed E-state index contributed by atoms with van der Waals surface area (Å²) in [7, 11) is 1.40. The van der Waals surface area contributed by atoms with Gasteiger partial charge in [-0.15, -0.1) is 0 Å². The molecule has 0 saturated heterocycles. The number of pyridine rings is 1. The van der Waals surface area contributed by atoms with Crippen LogP contribution in [-0.2, 0) is 10.9 Å². The van der Waals surface area contributed by atoms with Crippen LogP contribution in [-0.4, -0.2) is 40.4 Å². The Morgan fingerprint density at radius 2 is 1.87 bits per heavy atom. The maximum atomic E-state index is 13.6. The molecule has 11 heteroatoms. The number of alkyl halides is 3. The first-order valence-corrected chi connectivity index (χ1v) is 8.99. The minimum absolute atomic E-state index is 0.0124. The van der Waals surface area contributed by atoms with E-state index in [2.05, 4.69) is 20.1 Å². The van der Waals surface area contributed by atoms with Gasteiger partial charge in [0.2, 0.25) is 5.88 Å². The molecule has 0 bridgehead atoms. The number of hydrogen-bond donors (Lipinski definition) is 1. The van der Waals surface area contributed by atoms with Crippen LogP contribution in [0, 0.1) is 0 Å². The number of aromatic nitrogens is 3. The van der Waals surface area contributed by atoms with Crippen LogP contribution >= 0.6 is 0 Å². The molecule has 162 valence electrons. The van der Waals surface area contributed by atoms with E-state index in [4.69, 9.17) is 4.74 Å². The monoisotopic (exact) mass is 434 g/mol. The van der Waals surface area contributed by atoms with Crippen LogP contribution < -0.4 is 10.1 Å². The SMILES string of the molecule is CCOC(=O)c1cnn(-c2ccc(C(=O)Nc3cccnc3OC)cc2)c1C(F)(F)F. The quantitative estimate of drug-likeness (QED) is 0.594. The molecule has 3 aromatic rings. The lowest BCUT2D eigenvalue weighted by atomic mass is 10.1. The summed E-state index contributed by atoms with van der Waals surface area (Å²) in [5, 5.41) is 6.31. The Morgan fingerprint density at radius 1 is 1.16 bits per heavy atom. The molecule has 0 spiro atoms. The third-order valence-corrected chi connectivity index (χ3v) is 4.12. The number of methoxy groups -OCH3 is 1. The Labute approximate surface area is 174 Å². The fourth-order valence-electron chi connectivity index (χ4n) is 2.77. The number of hydrogen-bond acceptors (Lipinski definition) is 6. The van der Waals surface area contributed by atoms with E-state index >= 15 is 0 Å². The van der Waals surface area contributed by atoms with Crippen molar-refractivity contribution in [2.45, 2.75) is 13.1 Å². The van der Waals surface area contributed by atoms with E-state index in [9.17, 15) is 22.8 Å². The second-order valence-corrected chi connectivity index (χ2v) is 6.10. The highest BCUT2D eigenvalue weighted by molar-refractivity contribution is 6.05. The Hall–Kier alpha value is -3.89. The third-order valence-electron chi connectivity index (χ3n) is 4.12. The number of carbonyl (C=O) groups is 2. The van der Waals surface area contributed by atoms with E-state index in [0.717, 1.165) is 6.20 Å². The molecule has 1 amide bonds. The van der Waals surface area contributed by atoms with Crippen molar-refractivity contribution >= 4 is 17.6 Å². The summed E-state index contributed by atoms with van der Waals surface area (Å²) in [6.07, 6.45) is -2.56. The highest BCUT2D eigenvalue weighted by atomic mass is 19.4. The molecule has 2 heterocycles. The van der Waals surface area contributed by atoms with Crippen molar-refractivity contribution in [3.05, 3.63) is 65.6 Å². The molecular weight excluding hydrogens is 417 g/mol. The predicted octanol–water partition coefficient (Wildman–Crippen LogP) is 3.72. The van der Waals surface area contributed by atoms with Crippen molar-refractivity contribution < 1.29 is 32.2 Å². The molecule has 0 aliphatic heterocycles. The van der Waals surface area contributed by atoms with Crippen LogP contribution in [0.15, 0.2) is 48.8 Å². The average molecular weight is 434 g/mol. The maximum Gasteiger partial charge on any atom is 0.434 e. The lowest BCUT2D eigenvalue weighted by molar-refractivity contribution is -0.143. The lowest BCUT2D eigenvalue weighted by Gasteiger charge is -2.13. The summed E-state index contributed by atoms with van der Waals surface area (Å²) in [5.41, 5.74) is -1.42. The van der Waals surface area contributed by atoms with Crippen molar-refractivity contribution in [3.8, 4) is 11.6 Å². The van der Waals surface area contributed by atoms with Gasteiger partial charge >= 0.3 is 12.1 Å². The van der Waals surface area contributed by atoms with Gasteiger partial charge in [0.15, 0.2) is 5.69 Å². The maximum absolute atomic E-state index is 13.6. The third kappa shape index (κ3) is 4.65.